The van der Waals surface area contributed by atoms with Gasteiger partial charge in [0.25, 0.3) is 0 Å². The number of aliphatic hydroxyl groups excluding tert-OH is 1. The zero-order valence-electron chi connectivity index (χ0n) is 28.4. The van der Waals surface area contributed by atoms with E-state index in [1.165, 1.54) is 43.3 Å². The van der Waals surface area contributed by atoms with E-state index in [9.17, 15) is 5.11 Å². The molecular formula is C41H41Ar4ClO2P2Ru. The summed E-state index contributed by atoms with van der Waals surface area (Å²) in [6.07, 6.45) is 0. The maximum atomic E-state index is 9.24. The van der Waals surface area contributed by atoms with Crippen molar-refractivity contribution in [3.05, 3.63) is 152 Å². The fourth-order valence-corrected chi connectivity index (χ4v) is 6.79. The first-order valence-electron chi connectivity index (χ1n) is 15.3. The minimum absolute atomic E-state index is 0. The zero-order valence-corrected chi connectivity index (χ0v) is 36.0. The maximum absolute atomic E-state index is 9.24. The number of benzene rings is 6. The van der Waals surface area contributed by atoms with Gasteiger partial charge < -0.3 is 23.7 Å². The average Bonchev–Trinajstić information content (AvgIpc) is 3.12. The summed E-state index contributed by atoms with van der Waals surface area (Å²) >= 11 is 1.82. The van der Waals surface area contributed by atoms with Crippen molar-refractivity contribution in [2.75, 3.05) is 7.11 Å². The zero-order chi connectivity index (χ0) is 34.1. The van der Waals surface area contributed by atoms with Crippen LogP contribution in [0.5, 0.6) is 5.75 Å². The molecule has 4 atom stereocenters. The molecule has 0 saturated heterocycles. The molecule has 6 aromatic rings. The van der Waals surface area contributed by atoms with E-state index < -0.39 is 5.41 Å². The van der Waals surface area contributed by atoms with Crippen molar-refractivity contribution < 1.29 is 178 Å². The molecule has 0 aromatic heterocycles. The molecule has 0 aliphatic heterocycles. The van der Waals surface area contributed by atoms with E-state index in [2.05, 4.69) is 135 Å². The molecule has 0 aliphatic rings. The van der Waals surface area contributed by atoms with Crippen molar-refractivity contribution in [1.29, 1.82) is 0 Å². The summed E-state index contributed by atoms with van der Waals surface area (Å²) in [5.41, 5.74) is 5.02. The summed E-state index contributed by atoms with van der Waals surface area (Å²) in [5, 5.41) is 16.9. The van der Waals surface area contributed by atoms with E-state index in [0.717, 1.165) is 22.4 Å². The molecule has 274 valence electrons. The topological polar surface area (TPSA) is 29.5 Å². The van der Waals surface area contributed by atoms with Gasteiger partial charge in [0.1, 0.15) is 5.75 Å². The molecule has 0 saturated carbocycles. The molecule has 0 heterocycles. The summed E-state index contributed by atoms with van der Waals surface area (Å²) in [6.45, 7) is 13.3. The predicted molar refractivity (Wildman–Crippen MR) is 205 cm³/mol. The van der Waals surface area contributed by atoms with Crippen molar-refractivity contribution in [3.63, 3.8) is 0 Å². The van der Waals surface area contributed by atoms with Gasteiger partial charge in [0, 0.05) is 158 Å². The normalized spacial score (nSPS) is 11.8. The fraction of sp³-hybridized carbons (Fsp3) is 0.171. The minimum atomic E-state index is -0.506. The molecule has 6 aromatic carbocycles. The molecule has 3 unspecified atom stereocenters. The van der Waals surface area contributed by atoms with Gasteiger partial charge in [0.05, 0.1) is 7.11 Å². The quantitative estimate of drug-likeness (QED) is 0.0983. The third kappa shape index (κ3) is 13.2. The van der Waals surface area contributed by atoms with Gasteiger partial charge in [0.15, 0.2) is 0 Å². The Morgan fingerprint density at radius 3 is 1.61 bits per heavy atom. The number of fused-ring (bicyclic) bond motifs is 2. The molecular weight excluding hydrogens is 883 g/mol. The Hall–Kier alpha value is 2.41. The van der Waals surface area contributed by atoms with Crippen LogP contribution in [0.1, 0.15) is 30.5 Å². The van der Waals surface area contributed by atoms with Crippen LogP contribution in [0.3, 0.4) is 0 Å². The Morgan fingerprint density at radius 1 is 0.745 bits per heavy atom. The molecule has 1 N–H and O–H groups in total. The van der Waals surface area contributed by atoms with Crippen molar-refractivity contribution >= 4 is 60.3 Å². The molecule has 6 rings (SSSR count). The predicted octanol–water partition coefficient (Wildman–Crippen LogP) is 9.56. The van der Waals surface area contributed by atoms with Gasteiger partial charge in [-0.15, -0.1) is 24.0 Å². The Morgan fingerprint density at radius 2 is 1.22 bits per heavy atom. The third-order valence-electron chi connectivity index (χ3n) is 8.76. The van der Waals surface area contributed by atoms with Crippen LogP contribution in [-0.2, 0) is 29.3 Å². The van der Waals surface area contributed by atoms with Gasteiger partial charge in [-0.2, -0.15) is 41.2 Å². The van der Waals surface area contributed by atoms with Gasteiger partial charge in [0.2, 0.25) is 0 Å². The van der Waals surface area contributed by atoms with Crippen LogP contribution in [0.15, 0.2) is 115 Å². The van der Waals surface area contributed by atoms with Crippen molar-refractivity contribution in [3.8, 4) is 16.9 Å². The molecule has 0 fully saturated rings. The van der Waals surface area contributed by atoms with Crippen molar-refractivity contribution in [1.82, 2.24) is 0 Å². The van der Waals surface area contributed by atoms with Gasteiger partial charge in [-0.25, -0.2) is 0 Å². The van der Waals surface area contributed by atoms with E-state index in [1.807, 2.05) is 59.8 Å². The van der Waals surface area contributed by atoms with E-state index >= 15 is 0 Å². The van der Waals surface area contributed by atoms with Crippen LogP contribution in [0, 0.1) is 183 Å². The summed E-state index contributed by atoms with van der Waals surface area (Å²) in [7, 11) is 12.0. The Labute approximate surface area is 443 Å². The Bertz CT molecular complexity index is 1800. The Balaban J connectivity index is 0.000000870. The monoisotopic (exact) mass is 924 g/mol. The summed E-state index contributed by atoms with van der Waals surface area (Å²) < 4.78 is 5.25. The van der Waals surface area contributed by atoms with E-state index in [-0.39, 0.29) is 163 Å². The van der Waals surface area contributed by atoms with Gasteiger partial charge >= 0.3 is 27.0 Å². The van der Waals surface area contributed by atoms with Crippen LogP contribution in [0.2, 0.25) is 0 Å². The van der Waals surface area contributed by atoms with Gasteiger partial charge in [-0.1, -0.05) is 110 Å². The van der Waals surface area contributed by atoms with Crippen molar-refractivity contribution in [2.45, 2.75) is 25.9 Å². The molecule has 51 heavy (non-hydrogen) atoms. The van der Waals surface area contributed by atoms with E-state index in [0.29, 0.717) is 5.92 Å². The number of halogens is 1. The van der Waals surface area contributed by atoms with Gasteiger partial charge in [-0.3, -0.25) is 0 Å². The van der Waals surface area contributed by atoms with Crippen molar-refractivity contribution in [2.24, 2.45) is 11.8 Å². The summed E-state index contributed by atoms with van der Waals surface area (Å²) in [5.74, 6) is 1.26. The SMILES string of the molecule is Pc1ccc2ccccc2c1-c1c(P)ccc2ccccc12.[Ar].[Ar].[Ar].[Ar].[CH2-][C@H](C(C)C)C([CH2-])(c1[c-]cc(CO)cc1)c1ccc(OC)cc1.[Cl][Ru+3]. The fourth-order valence-electron chi connectivity index (χ4n) is 5.99. The first-order chi connectivity index (χ1) is 22.7. The first kappa shape index (κ1) is 53.4. The number of hydrogen-bond donors (Lipinski definition) is 1. The molecule has 0 spiro atoms. The van der Waals surface area contributed by atoms with Crippen LogP contribution in [0.4, 0.5) is 0 Å². The summed E-state index contributed by atoms with van der Waals surface area (Å²) in [6, 6.07) is 43.0. The summed E-state index contributed by atoms with van der Waals surface area (Å²) in [4.78, 5) is 0. The molecule has 0 bridgehead atoms. The standard InChI is InChI=1S/C21H25O2.C20H16P2.4Ar.ClH.Ru/c1-15(2)16(3)21(4,18-8-6-17(14-22)7-9-18)19-10-12-20(23-5)13-11-19;21-17-11-9-13-5-1-3-7-15(13)19(17)20-16-8-4-2-6-14(16)10-12-18(20)22;;;;;;/h6-8,10-13,15-16,22H,3-4,14H2,1-2,5H3;1-12H,21-22H2;;;;;1H;/q-3;;;;;;;+4/p-1/t16-,21?;;;;;;;/m1......./s1. The molecule has 0 amide bonds. The second-order valence-electron chi connectivity index (χ2n) is 11.8. The third-order valence-corrected chi connectivity index (χ3v) is 9.72. The Kier molecular flexibility index (Phi) is 27.7. The van der Waals surface area contributed by atoms with Crippen LogP contribution in [-0.4, -0.2) is 12.2 Å². The average molecular weight is 924 g/mol. The number of rotatable bonds is 7. The van der Waals surface area contributed by atoms with Gasteiger partial charge in [-0.05, 0) is 55.4 Å². The van der Waals surface area contributed by atoms with E-state index in [4.69, 9.17) is 4.74 Å². The number of methoxy groups -OCH3 is 1. The van der Waals surface area contributed by atoms with Crippen LogP contribution < -0.4 is 15.3 Å². The second-order valence-corrected chi connectivity index (χ2v) is 13.1. The molecule has 10 heteroatoms. The molecule has 0 radical (unpaired) electrons. The molecule has 2 nitrogen and oxygen atoms in total. The molecule has 0 aliphatic carbocycles. The van der Waals surface area contributed by atoms with Crippen LogP contribution >= 0.6 is 28.2 Å². The number of ether oxygens (including phenoxy) is 1. The number of hydrogen-bond acceptors (Lipinski definition) is 2. The first-order valence-corrected chi connectivity index (χ1v) is 18.7. The van der Waals surface area contributed by atoms with Crippen LogP contribution in [0.25, 0.3) is 32.7 Å². The number of aliphatic hydroxyl groups is 1. The second kappa shape index (κ2) is 26.4. The van der Waals surface area contributed by atoms with E-state index in [1.54, 1.807) is 7.11 Å².